The zero-order valence-corrected chi connectivity index (χ0v) is 21.6. The zero-order valence-electron chi connectivity index (χ0n) is 19.9. The van der Waals surface area contributed by atoms with Gasteiger partial charge in [0.1, 0.15) is 0 Å². The van der Waals surface area contributed by atoms with Crippen molar-refractivity contribution in [2.24, 2.45) is 0 Å². The van der Waals surface area contributed by atoms with Crippen LogP contribution >= 0.6 is 11.8 Å². The summed E-state index contributed by atoms with van der Waals surface area (Å²) >= 11 is 1.47. The van der Waals surface area contributed by atoms with E-state index in [1.165, 1.54) is 11.8 Å². The molecule has 0 bridgehead atoms. The van der Waals surface area contributed by atoms with Gasteiger partial charge in [-0.25, -0.2) is 4.79 Å². The minimum atomic E-state index is -3.66. The van der Waals surface area contributed by atoms with Gasteiger partial charge < -0.3 is 9.66 Å². The Labute approximate surface area is 220 Å². The molecule has 0 aliphatic heterocycles. The van der Waals surface area contributed by atoms with E-state index < -0.39 is 16.4 Å². The number of carbonyl (C=O) groups is 1. The van der Waals surface area contributed by atoms with Gasteiger partial charge in [0.15, 0.2) is 26.3 Å². The number of benzene rings is 3. The molecule has 1 aromatic heterocycles. The number of hydrogen-bond acceptors (Lipinski definition) is 6. The van der Waals surface area contributed by atoms with E-state index in [-0.39, 0.29) is 16.5 Å². The van der Waals surface area contributed by atoms with Crippen LogP contribution < -0.4 is 4.72 Å². The van der Waals surface area contributed by atoms with Crippen molar-refractivity contribution in [3.8, 4) is 17.1 Å². The standard InChI is InChI=1S/C27H26N4O4S2/c32-26(33)20-15-13-19(14-16-20)18-36-27-29-28-25(31(27)23-10-2-1-3-11-23)21-7-6-12-24(17-21)37(34,35)30-22-8-4-5-9-22/h1-3,6-7,10-17,22H,4-5,8-9,18H2,(H2-,30,32,33,34,35). The quantitative estimate of drug-likeness (QED) is 0.219. The van der Waals surface area contributed by atoms with Gasteiger partial charge in [0.2, 0.25) is 0 Å². The van der Waals surface area contributed by atoms with Crippen molar-refractivity contribution in [1.29, 1.82) is 0 Å². The Kier molecular flexibility index (Phi) is 7.52. The number of thioether (sulfide) groups is 1. The SMILES string of the molecule is O=C(O)c1ccc(CSc2nnc(-c3cccc([S+](=O)([O-])NC4CCCC4)c3)n2-c2ccccc2)cc1. The first kappa shape index (κ1) is 25.3. The maximum absolute atomic E-state index is 13.1. The van der Waals surface area contributed by atoms with Crippen LogP contribution in [0, 0.1) is 0 Å². The predicted octanol–water partition coefficient (Wildman–Crippen LogP) is 5.36. The van der Waals surface area contributed by atoms with Crippen LogP contribution in [-0.4, -0.2) is 36.4 Å². The third-order valence-corrected chi connectivity index (χ3v) is 8.81. The Morgan fingerprint density at radius 1 is 1.03 bits per heavy atom. The van der Waals surface area contributed by atoms with Gasteiger partial charge in [0.05, 0.1) is 11.6 Å². The monoisotopic (exact) mass is 534 g/mol. The lowest BCUT2D eigenvalue weighted by Crippen LogP contribution is -2.37. The van der Waals surface area contributed by atoms with E-state index in [9.17, 15) is 13.6 Å². The second-order valence-electron chi connectivity index (χ2n) is 8.90. The summed E-state index contributed by atoms with van der Waals surface area (Å²) < 4.78 is 30.9. The Morgan fingerprint density at radius 2 is 1.76 bits per heavy atom. The highest BCUT2D eigenvalue weighted by Gasteiger charge is 2.28. The molecule has 10 heteroatoms. The fraction of sp³-hybridized carbons (Fsp3) is 0.222. The van der Waals surface area contributed by atoms with Gasteiger partial charge in [-0.2, -0.15) is 0 Å². The number of rotatable bonds is 9. The lowest BCUT2D eigenvalue weighted by Gasteiger charge is -2.19. The Bertz CT molecular complexity index is 1430. The number of nitrogens with one attached hydrogen (secondary N) is 1. The average Bonchev–Trinajstić information content (AvgIpc) is 3.58. The summed E-state index contributed by atoms with van der Waals surface area (Å²) in [6, 6.07) is 23.2. The van der Waals surface area contributed by atoms with Crippen molar-refractivity contribution in [2.75, 3.05) is 0 Å². The highest BCUT2D eigenvalue weighted by atomic mass is 32.3. The molecule has 1 saturated carbocycles. The molecule has 4 aromatic rings. The third kappa shape index (κ3) is 5.83. The molecule has 0 radical (unpaired) electrons. The molecular formula is C27H26N4O4S2. The number of aromatic carboxylic acids is 1. The minimum absolute atomic E-state index is 0.0193. The van der Waals surface area contributed by atoms with Crippen LogP contribution in [-0.2, 0) is 20.4 Å². The van der Waals surface area contributed by atoms with Gasteiger partial charge >= 0.3 is 5.97 Å². The lowest BCUT2D eigenvalue weighted by molar-refractivity contribution is 0.0697. The summed E-state index contributed by atoms with van der Waals surface area (Å²) in [5.74, 6) is 0.133. The van der Waals surface area contributed by atoms with Crippen molar-refractivity contribution in [3.63, 3.8) is 0 Å². The number of carboxylic acids is 1. The molecule has 1 aliphatic rings. The topological polar surface area (TPSA) is 120 Å². The summed E-state index contributed by atoms with van der Waals surface area (Å²) in [6.07, 6.45) is 3.80. The molecule has 0 saturated heterocycles. The molecule has 1 fully saturated rings. The Morgan fingerprint density at radius 3 is 2.46 bits per heavy atom. The summed E-state index contributed by atoms with van der Waals surface area (Å²) in [7, 11) is -3.66. The smallest absolute Gasteiger partial charge is 0.335 e. The Balaban J connectivity index is 1.46. The van der Waals surface area contributed by atoms with Crippen molar-refractivity contribution in [1.82, 2.24) is 19.5 Å². The van der Waals surface area contributed by atoms with E-state index in [4.69, 9.17) is 5.11 Å². The van der Waals surface area contributed by atoms with E-state index in [0.29, 0.717) is 22.3 Å². The molecule has 8 nitrogen and oxygen atoms in total. The van der Waals surface area contributed by atoms with Gasteiger partial charge in [-0.1, -0.05) is 71.3 Å². The normalized spacial score (nSPS) is 15.5. The van der Waals surface area contributed by atoms with Gasteiger partial charge in [0, 0.05) is 23.1 Å². The number of para-hydroxylation sites is 1. The van der Waals surface area contributed by atoms with E-state index in [1.807, 2.05) is 41.0 Å². The second kappa shape index (κ2) is 11.0. The van der Waals surface area contributed by atoms with Crippen molar-refractivity contribution < 1.29 is 18.7 Å². The predicted molar refractivity (Wildman–Crippen MR) is 142 cm³/mol. The van der Waals surface area contributed by atoms with Crippen LogP contribution in [0.2, 0.25) is 0 Å². The number of nitrogens with zero attached hydrogens (tertiary/aromatic N) is 3. The van der Waals surface area contributed by atoms with Crippen LogP contribution in [0.5, 0.6) is 0 Å². The number of hydrogen-bond donors (Lipinski definition) is 2. The van der Waals surface area contributed by atoms with Gasteiger partial charge in [-0.3, -0.25) is 4.57 Å². The summed E-state index contributed by atoms with van der Waals surface area (Å²) in [4.78, 5) is 11.3. The van der Waals surface area contributed by atoms with E-state index in [1.54, 1.807) is 42.5 Å². The fourth-order valence-electron chi connectivity index (χ4n) is 4.39. The maximum atomic E-state index is 13.1. The molecular weight excluding hydrogens is 508 g/mol. The van der Waals surface area contributed by atoms with Crippen LogP contribution in [0.4, 0.5) is 0 Å². The second-order valence-corrected chi connectivity index (χ2v) is 11.6. The summed E-state index contributed by atoms with van der Waals surface area (Å²) in [5, 5.41) is 18.6. The van der Waals surface area contributed by atoms with Gasteiger partial charge in [0.25, 0.3) is 0 Å². The molecule has 0 amide bonds. The molecule has 190 valence electrons. The first-order valence-electron chi connectivity index (χ1n) is 12.0. The minimum Gasteiger partial charge on any atom is -0.593 e. The first-order valence-corrected chi connectivity index (χ1v) is 14.5. The molecule has 5 rings (SSSR count). The van der Waals surface area contributed by atoms with E-state index >= 15 is 0 Å². The summed E-state index contributed by atoms with van der Waals surface area (Å²) in [6.45, 7) is 0. The molecule has 1 atom stereocenters. The van der Waals surface area contributed by atoms with E-state index in [2.05, 4.69) is 14.9 Å². The molecule has 3 aromatic carbocycles. The third-order valence-electron chi connectivity index (χ3n) is 6.30. The van der Waals surface area contributed by atoms with Crippen LogP contribution in [0.1, 0.15) is 41.6 Å². The average molecular weight is 535 g/mol. The number of aromatic nitrogens is 3. The highest BCUT2D eigenvalue weighted by molar-refractivity contribution is 7.98. The van der Waals surface area contributed by atoms with Crippen LogP contribution in [0.15, 0.2) is 88.9 Å². The van der Waals surface area contributed by atoms with Crippen molar-refractivity contribution >= 4 is 28.1 Å². The van der Waals surface area contributed by atoms with Crippen LogP contribution in [0.3, 0.4) is 0 Å². The molecule has 37 heavy (non-hydrogen) atoms. The van der Waals surface area contributed by atoms with Crippen molar-refractivity contribution in [3.05, 3.63) is 90.0 Å². The molecule has 2 N–H and O–H groups in total. The molecule has 0 spiro atoms. The number of sulfonamides is 1. The summed E-state index contributed by atoms with van der Waals surface area (Å²) in [5.41, 5.74) is 2.68. The molecule has 1 aliphatic carbocycles. The van der Waals surface area contributed by atoms with Gasteiger partial charge in [-0.05, 0) is 48.7 Å². The number of carboxylic acid groups (broad SMARTS) is 1. The Hall–Kier alpha value is -3.31. The van der Waals surface area contributed by atoms with E-state index in [0.717, 1.165) is 36.9 Å². The highest BCUT2D eigenvalue weighted by Crippen LogP contribution is 2.31. The molecule has 1 unspecified atom stereocenters. The first-order chi connectivity index (χ1) is 17.9. The van der Waals surface area contributed by atoms with Gasteiger partial charge in [-0.15, -0.1) is 14.9 Å². The zero-order chi connectivity index (χ0) is 25.8. The molecule has 1 heterocycles. The maximum Gasteiger partial charge on any atom is 0.335 e. The van der Waals surface area contributed by atoms with Crippen LogP contribution in [0.25, 0.3) is 17.1 Å². The lowest BCUT2D eigenvalue weighted by atomic mass is 10.1. The largest absolute Gasteiger partial charge is 0.593 e. The van der Waals surface area contributed by atoms with Crippen molar-refractivity contribution in [2.45, 2.75) is 47.5 Å². The fourth-order valence-corrected chi connectivity index (χ4v) is 6.64.